The third-order valence-corrected chi connectivity index (χ3v) is 7.71. The smallest absolute Gasteiger partial charge is 0.336 e. The van der Waals surface area contributed by atoms with E-state index in [0.717, 1.165) is 12.0 Å². The van der Waals surface area contributed by atoms with Gasteiger partial charge in [0.1, 0.15) is 34.4 Å². The van der Waals surface area contributed by atoms with Crippen molar-refractivity contribution in [2.75, 3.05) is 0 Å². The fraction of sp³-hybridized carbons (Fsp3) is 0.625. The quantitative estimate of drug-likeness (QED) is 0.643. The van der Waals surface area contributed by atoms with Crippen LogP contribution in [-0.2, 0) is 0 Å². The molecule has 2 aromatic rings. The van der Waals surface area contributed by atoms with Crippen LogP contribution in [0.2, 0.25) is 0 Å². The first-order valence-electron chi connectivity index (χ1n) is 10.9. The Morgan fingerprint density at radius 3 is 2.55 bits per heavy atom. The average molecular weight is 430 g/mol. The number of hydrogen-bond donors (Lipinski definition) is 3. The van der Waals surface area contributed by atoms with Gasteiger partial charge in [0.05, 0.1) is 17.1 Å². The van der Waals surface area contributed by atoms with Crippen molar-refractivity contribution < 1.29 is 29.2 Å². The van der Waals surface area contributed by atoms with Crippen LogP contribution in [0, 0.1) is 11.8 Å². The molecular formula is C24H30O7. The number of ether oxygens (including phenoxy) is 2. The van der Waals surface area contributed by atoms with Gasteiger partial charge < -0.3 is 29.2 Å². The maximum absolute atomic E-state index is 11.8. The van der Waals surface area contributed by atoms with E-state index in [1.807, 2.05) is 20.8 Å². The third-order valence-electron chi connectivity index (χ3n) is 7.71. The summed E-state index contributed by atoms with van der Waals surface area (Å²) in [4.78, 5) is 11.8. The Bertz CT molecular complexity index is 1110. The fourth-order valence-corrected chi connectivity index (χ4v) is 6.17. The van der Waals surface area contributed by atoms with E-state index in [-0.39, 0.29) is 11.8 Å². The second-order valence-electron chi connectivity index (χ2n) is 10.7. The molecule has 1 aromatic carbocycles. The summed E-state index contributed by atoms with van der Waals surface area (Å²) in [7, 11) is 0. The van der Waals surface area contributed by atoms with Gasteiger partial charge in [0, 0.05) is 35.4 Å². The van der Waals surface area contributed by atoms with Crippen LogP contribution in [0.25, 0.3) is 11.0 Å². The van der Waals surface area contributed by atoms with E-state index in [0.29, 0.717) is 28.9 Å². The Balaban J connectivity index is 1.78. The molecule has 1 fully saturated rings. The lowest BCUT2D eigenvalue weighted by Gasteiger charge is -2.60. The molecule has 7 heteroatoms. The van der Waals surface area contributed by atoms with Crippen LogP contribution in [0.3, 0.4) is 0 Å². The van der Waals surface area contributed by atoms with Crippen molar-refractivity contribution in [3.8, 4) is 11.5 Å². The van der Waals surface area contributed by atoms with Gasteiger partial charge in [0.25, 0.3) is 0 Å². The van der Waals surface area contributed by atoms with Crippen molar-refractivity contribution >= 4 is 11.0 Å². The second-order valence-corrected chi connectivity index (χ2v) is 10.7. The van der Waals surface area contributed by atoms with Crippen LogP contribution in [0.15, 0.2) is 27.4 Å². The van der Waals surface area contributed by atoms with E-state index in [9.17, 15) is 20.1 Å². The summed E-state index contributed by atoms with van der Waals surface area (Å²) in [5.41, 5.74) is -1.98. The van der Waals surface area contributed by atoms with E-state index in [1.54, 1.807) is 12.1 Å². The molecule has 0 radical (unpaired) electrons. The molecule has 3 aliphatic rings. The van der Waals surface area contributed by atoms with E-state index in [1.165, 1.54) is 19.9 Å². The maximum atomic E-state index is 11.8. The number of fused-ring (bicyclic) bond motifs is 3. The minimum Gasteiger partial charge on any atom is -0.487 e. The summed E-state index contributed by atoms with van der Waals surface area (Å²) < 4.78 is 18.4. The third kappa shape index (κ3) is 2.86. The topological polar surface area (TPSA) is 109 Å². The van der Waals surface area contributed by atoms with Gasteiger partial charge >= 0.3 is 5.63 Å². The van der Waals surface area contributed by atoms with Crippen LogP contribution in [0.4, 0.5) is 0 Å². The Kier molecular flexibility index (Phi) is 4.19. The first-order valence-corrected chi connectivity index (χ1v) is 10.9. The number of benzene rings is 1. The zero-order valence-corrected chi connectivity index (χ0v) is 18.5. The Hall–Kier alpha value is -2.09. The molecule has 1 aliphatic carbocycles. The largest absolute Gasteiger partial charge is 0.487 e. The molecule has 5 rings (SSSR count). The summed E-state index contributed by atoms with van der Waals surface area (Å²) in [6, 6.07) is 4.80. The van der Waals surface area contributed by atoms with E-state index in [2.05, 4.69) is 0 Å². The highest BCUT2D eigenvalue weighted by molar-refractivity contribution is 5.88. The van der Waals surface area contributed by atoms with Gasteiger partial charge in [0.2, 0.25) is 0 Å². The molecule has 1 saturated carbocycles. The minimum atomic E-state index is -1.47. The van der Waals surface area contributed by atoms with Crippen molar-refractivity contribution in [3.05, 3.63) is 34.2 Å². The number of aliphatic hydroxyl groups excluding tert-OH is 2. The first kappa shape index (κ1) is 20.8. The van der Waals surface area contributed by atoms with Gasteiger partial charge in [-0.25, -0.2) is 4.79 Å². The molecular weight excluding hydrogens is 400 g/mol. The molecule has 6 atom stereocenters. The maximum Gasteiger partial charge on any atom is 0.336 e. The lowest BCUT2D eigenvalue weighted by molar-refractivity contribution is -0.188. The summed E-state index contributed by atoms with van der Waals surface area (Å²) in [6.07, 6.45) is -1.04. The monoisotopic (exact) mass is 430 g/mol. The van der Waals surface area contributed by atoms with Crippen molar-refractivity contribution in [2.45, 2.75) is 82.4 Å². The zero-order chi connectivity index (χ0) is 22.5. The van der Waals surface area contributed by atoms with Gasteiger partial charge in [-0.2, -0.15) is 0 Å². The summed E-state index contributed by atoms with van der Waals surface area (Å²) in [6.45, 7) is 9.00. The normalized spacial score (nSPS) is 32.7. The fourth-order valence-electron chi connectivity index (χ4n) is 6.17. The van der Waals surface area contributed by atoms with Crippen LogP contribution in [-0.4, -0.2) is 44.3 Å². The van der Waals surface area contributed by atoms with Gasteiger partial charge in [-0.15, -0.1) is 0 Å². The van der Waals surface area contributed by atoms with Crippen molar-refractivity contribution in [1.82, 2.24) is 0 Å². The molecule has 31 heavy (non-hydrogen) atoms. The van der Waals surface area contributed by atoms with Gasteiger partial charge in [0.15, 0.2) is 0 Å². The molecule has 7 nitrogen and oxygen atoms in total. The zero-order valence-electron chi connectivity index (χ0n) is 18.5. The van der Waals surface area contributed by atoms with E-state index >= 15 is 0 Å². The highest BCUT2D eigenvalue weighted by Gasteiger charge is 2.63. The molecule has 2 aliphatic heterocycles. The Morgan fingerprint density at radius 2 is 1.87 bits per heavy atom. The summed E-state index contributed by atoms with van der Waals surface area (Å²) in [5, 5.41) is 33.2. The van der Waals surface area contributed by atoms with Gasteiger partial charge in [-0.05, 0) is 53.5 Å². The second kappa shape index (κ2) is 6.24. The van der Waals surface area contributed by atoms with Gasteiger partial charge in [-0.3, -0.25) is 0 Å². The SMILES string of the molecule is CC(C)(O)C(O)C(O)C1C2c3c4cc5oc(=O)ccc5c3OC1(C)CCC2C(C)(C)O4. The molecule has 2 bridgehead atoms. The van der Waals surface area contributed by atoms with E-state index < -0.39 is 40.6 Å². The molecule has 3 heterocycles. The molecule has 1 aromatic heterocycles. The first-order chi connectivity index (χ1) is 14.3. The Labute approximate surface area is 180 Å². The predicted octanol–water partition coefficient (Wildman–Crippen LogP) is 2.72. The van der Waals surface area contributed by atoms with Crippen molar-refractivity contribution in [2.24, 2.45) is 11.8 Å². The lowest BCUT2D eigenvalue weighted by Crippen LogP contribution is -2.64. The standard InChI is InChI=1S/C24H30O7/c1-22(2,28)21(27)19(26)18-16-12-8-9-24(18,5)31-20-11-6-7-15(25)29-13(11)10-14(17(16)20)30-23(12,3)4/h6-7,10,12,16,18-19,21,26-28H,8-9H2,1-5H3. The highest BCUT2D eigenvalue weighted by Crippen LogP contribution is 2.64. The molecule has 6 unspecified atom stereocenters. The van der Waals surface area contributed by atoms with Crippen molar-refractivity contribution in [3.63, 3.8) is 0 Å². The number of aliphatic hydroxyl groups is 3. The van der Waals surface area contributed by atoms with Crippen LogP contribution in [0.5, 0.6) is 11.5 Å². The predicted molar refractivity (Wildman–Crippen MR) is 113 cm³/mol. The Morgan fingerprint density at radius 1 is 1.16 bits per heavy atom. The van der Waals surface area contributed by atoms with Crippen molar-refractivity contribution in [1.29, 1.82) is 0 Å². The van der Waals surface area contributed by atoms with Crippen LogP contribution < -0.4 is 15.1 Å². The highest BCUT2D eigenvalue weighted by atomic mass is 16.5. The molecule has 168 valence electrons. The molecule has 0 spiro atoms. The lowest BCUT2D eigenvalue weighted by atomic mass is 9.54. The average Bonchev–Trinajstić information content (AvgIpc) is 2.64. The number of rotatable bonds is 3. The minimum absolute atomic E-state index is 0.0811. The van der Waals surface area contributed by atoms with Gasteiger partial charge in [-0.1, -0.05) is 0 Å². The molecule has 0 saturated heterocycles. The van der Waals surface area contributed by atoms with Crippen LogP contribution in [0.1, 0.15) is 58.9 Å². The van der Waals surface area contributed by atoms with E-state index in [4.69, 9.17) is 13.9 Å². The summed E-state index contributed by atoms with van der Waals surface area (Å²) in [5.74, 6) is 0.671. The number of hydrogen-bond acceptors (Lipinski definition) is 7. The molecule has 0 amide bonds. The molecule has 3 N–H and O–H groups in total. The summed E-state index contributed by atoms with van der Waals surface area (Å²) >= 11 is 0. The van der Waals surface area contributed by atoms with Crippen LogP contribution >= 0.6 is 0 Å².